The van der Waals surface area contributed by atoms with Crippen molar-refractivity contribution in [2.75, 3.05) is 32.8 Å². The van der Waals surface area contributed by atoms with Crippen LogP contribution in [0.1, 0.15) is 18.4 Å². The van der Waals surface area contributed by atoms with Crippen molar-refractivity contribution in [1.29, 1.82) is 0 Å². The molecule has 2 saturated heterocycles. The molecule has 2 heterocycles. The molecule has 0 aromatic heterocycles. The van der Waals surface area contributed by atoms with Crippen LogP contribution in [0.15, 0.2) is 28.7 Å². The molecule has 7 heteroatoms. The molecule has 1 aromatic carbocycles. The van der Waals surface area contributed by atoms with Crippen LogP contribution in [0, 0.1) is 0 Å². The summed E-state index contributed by atoms with van der Waals surface area (Å²) in [5.74, 6) is -0.699. The zero-order valence-corrected chi connectivity index (χ0v) is 15.0. The molecule has 24 heavy (non-hydrogen) atoms. The summed E-state index contributed by atoms with van der Waals surface area (Å²) in [6.07, 6.45) is 1.64. The van der Waals surface area contributed by atoms with Crippen molar-refractivity contribution in [2.24, 2.45) is 0 Å². The molecule has 0 atom stereocenters. The normalized spacial score (nSPS) is 19.5. The summed E-state index contributed by atoms with van der Waals surface area (Å²) in [6, 6.07) is 7.56. The van der Waals surface area contributed by atoms with Gasteiger partial charge in [0, 0.05) is 30.4 Å². The highest BCUT2D eigenvalue weighted by Crippen LogP contribution is 2.31. The molecule has 130 valence electrons. The van der Waals surface area contributed by atoms with Gasteiger partial charge >= 0.3 is 0 Å². The van der Waals surface area contributed by atoms with Crippen molar-refractivity contribution >= 4 is 27.7 Å². The van der Waals surface area contributed by atoms with Crippen molar-refractivity contribution in [2.45, 2.75) is 25.0 Å². The molecule has 2 fully saturated rings. The highest BCUT2D eigenvalue weighted by molar-refractivity contribution is 9.10. The first-order valence-electron chi connectivity index (χ1n) is 8.13. The molecular formula is C17H21BrN2O4. The Morgan fingerprint density at radius 2 is 1.75 bits per heavy atom. The largest absolute Gasteiger partial charge is 0.347 e. The lowest BCUT2D eigenvalue weighted by Gasteiger charge is -2.37. The predicted molar refractivity (Wildman–Crippen MR) is 91.3 cm³/mol. The fourth-order valence-electron chi connectivity index (χ4n) is 3.02. The van der Waals surface area contributed by atoms with Gasteiger partial charge in [0.15, 0.2) is 5.79 Å². The van der Waals surface area contributed by atoms with E-state index in [0.29, 0.717) is 39.1 Å². The van der Waals surface area contributed by atoms with Gasteiger partial charge in [-0.15, -0.1) is 0 Å². The number of hydrogen-bond donors (Lipinski definition) is 1. The van der Waals surface area contributed by atoms with E-state index < -0.39 is 5.79 Å². The van der Waals surface area contributed by atoms with E-state index in [0.717, 1.165) is 10.0 Å². The van der Waals surface area contributed by atoms with E-state index in [4.69, 9.17) is 9.47 Å². The third-order valence-corrected chi connectivity index (χ3v) is 4.93. The molecule has 2 aliphatic rings. The summed E-state index contributed by atoms with van der Waals surface area (Å²) in [5, 5.41) is 2.70. The summed E-state index contributed by atoms with van der Waals surface area (Å²) in [4.78, 5) is 25.9. The highest BCUT2D eigenvalue weighted by atomic mass is 79.9. The number of benzene rings is 1. The average Bonchev–Trinajstić information content (AvgIpc) is 3.03. The Balaban J connectivity index is 1.40. The Kier molecular flexibility index (Phi) is 5.53. The van der Waals surface area contributed by atoms with Gasteiger partial charge in [0.25, 0.3) is 0 Å². The van der Waals surface area contributed by atoms with Gasteiger partial charge in [-0.1, -0.05) is 28.1 Å². The standard InChI is InChI=1S/C17H21BrN2O4/c18-14-3-1-13(2-4-14)11-15(21)19-12-16(22)20-7-5-17(6-8-20)23-9-10-24-17/h1-4H,5-12H2,(H,19,21). The predicted octanol–water partition coefficient (Wildman–Crippen LogP) is 1.47. The maximum Gasteiger partial charge on any atom is 0.241 e. The quantitative estimate of drug-likeness (QED) is 0.836. The van der Waals surface area contributed by atoms with Gasteiger partial charge in [-0.25, -0.2) is 0 Å². The fraction of sp³-hybridized carbons (Fsp3) is 0.529. The highest BCUT2D eigenvalue weighted by Gasteiger charge is 2.40. The van der Waals surface area contributed by atoms with E-state index in [-0.39, 0.29) is 24.8 Å². The molecule has 1 spiro atoms. The first-order valence-corrected chi connectivity index (χ1v) is 8.92. The summed E-state index contributed by atoms with van der Waals surface area (Å²) in [7, 11) is 0. The van der Waals surface area contributed by atoms with E-state index in [9.17, 15) is 9.59 Å². The Labute approximate surface area is 149 Å². The van der Waals surface area contributed by atoms with E-state index in [1.807, 2.05) is 24.3 Å². The number of amides is 2. The smallest absolute Gasteiger partial charge is 0.241 e. The van der Waals surface area contributed by atoms with Gasteiger partial charge in [-0.3, -0.25) is 9.59 Å². The second-order valence-electron chi connectivity index (χ2n) is 6.07. The number of likely N-dealkylation sites (tertiary alicyclic amines) is 1. The van der Waals surface area contributed by atoms with Gasteiger partial charge in [0.05, 0.1) is 26.2 Å². The van der Waals surface area contributed by atoms with Gasteiger partial charge in [0.2, 0.25) is 11.8 Å². The number of nitrogens with zero attached hydrogens (tertiary/aromatic N) is 1. The number of carbonyl (C=O) groups excluding carboxylic acids is 2. The van der Waals surface area contributed by atoms with E-state index in [1.54, 1.807) is 4.90 Å². The topological polar surface area (TPSA) is 67.9 Å². The summed E-state index contributed by atoms with van der Waals surface area (Å²) >= 11 is 3.36. The fourth-order valence-corrected chi connectivity index (χ4v) is 3.28. The number of rotatable bonds is 4. The van der Waals surface area contributed by atoms with Crippen LogP contribution in [0.3, 0.4) is 0 Å². The number of halogens is 1. The Morgan fingerprint density at radius 3 is 2.38 bits per heavy atom. The van der Waals surface area contributed by atoms with Crippen molar-refractivity contribution in [3.63, 3.8) is 0 Å². The van der Waals surface area contributed by atoms with Gasteiger partial charge in [-0.2, -0.15) is 0 Å². The van der Waals surface area contributed by atoms with Gasteiger partial charge in [0.1, 0.15) is 0 Å². The monoisotopic (exact) mass is 396 g/mol. The van der Waals surface area contributed by atoms with Crippen LogP contribution in [0.25, 0.3) is 0 Å². The Morgan fingerprint density at radius 1 is 1.12 bits per heavy atom. The van der Waals surface area contributed by atoms with Crippen molar-refractivity contribution < 1.29 is 19.1 Å². The first-order chi connectivity index (χ1) is 11.6. The summed E-state index contributed by atoms with van der Waals surface area (Å²) in [6.45, 7) is 2.48. The van der Waals surface area contributed by atoms with Crippen molar-refractivity contribution in [3.8, 4) is 0 Å². The molecule has 3 rings (SSSR count). The third kappa shape index (κ3) is 4.34. The van der Waals surface area contributed by atoms with E-state index in [1.165, 1.54) is 0 Å². The first kappa shape index (κ1) is 17.4. The molecule has 0 radical (unpaired) electrons. The SMILES string of the molecule is O=C(Cc1ccc(Br)cc1)NCC(=O)N1CCC2(CC1)OCCO2. The molecule has 0 bridgehead atoms. The van der Waals surface area contributed by atoms with Crippen LogP contribution in [0.2, 0.25) is 0 Å². The maximum atomic E-state index is 12.2. The molecule has 0 unspecified atom stereocenters. The van der Waals surface area contributed by atoms with Crippen LogP contribution < -0.4 is 5.32 Å². The number of ether oxygens (including phenoxy) is 2. The van der Waals surface area contributed by atoms with Gasteiger partial charge in [-0.05, 0) is 17.7 Å². The number of carbonyl (C=O) groups is 2. The number of piperidine rings is 1. The zero-order chi connectivity index (χ0) is 17.0. The Hall–Kier alpha value is -1.44. The summed E-state index contributed by atoms with van der Waals surface area (Å²) in [5.41, 5.74) is 0.915. The minimum absolute atomic E-state index is 0.0318. The zero-order valence-electron chi connectivity index (χ0n) is 13.4. The minimum Gasteiger partial charge on any atom is -0.347 e. The second kappa shape index (κ2) is 7.63. The van der Waals surface area contributed by atoms with Crippen LogP contribution in [0.5, 0.6) is 0 Å². The van der Waals surface area contributed by atoms with E-state index >= 15 is 0 Å². The molecule has 6 nitrogen and oxygen atoms in total. The number of hydrogen-bond acceptors (Lipinski definition) is 4. The van der Waals surface area contributed by atoms with Crippen LogP contribution >= 0.6 is 15.9 Å². The lowest BCUT2D eigenvalue weighted by atomic mass is 10.0. The lowest BCUT2D eigenvalue weighted by molar-refractivity contribution is -0.187. The van der Waals surface area contributed by atoms with E-state index in [2.05, 4.69) is 21.2 Å². The molecular weight excluding hydrogens is 376 g/mol. The Bertz CT molecular complexity index is 589. The summed E-state index contributed by atoms with van der Waals surface area (Å²) < 4.78 is 12.3. The lowest BCUT2D eigenvalue weighted by Crippen LogP contribution is -2.49. The van der Waals surface area contributed by atoms with Crippen molar-refractivity contribution in [1.82, 2.24) is 10.2 Å². The maximum absolute atomic E-state index is 12.2. The third-order valence-electron chi connectivity index (χ3n) is 4.41. The average molecular weight is 397 g/mol. The van der Waals surface area contributed by atoms with Crippen LogP contribution in [-0.2, 0) is 25.5 Å². The van der Waals surface area contributed by atoms with Crippen molar-refractivity contribution in [3.05, 3.63) is 34.3 Å². The molecule has 1 N–H and O–H groups in total. The molecule has 1 aromatic rings. The van der Waals surface area contributed by atoms with Crippen LogP contribution in [-0.4, -0.2) is 55.3 Å². The van der Waals surface area contributed by atoms with Crippen LogP contribution in [0.4, 0.5) is 0 Å². The molecule has 2 aliphatic heterocycles. The van der Waals surface area contributed by atoms with Gasteiger partial charge < -0.3 is 19.7 Å². The minimum atomic E-state index is -0.485. The number of nitrogens with one attached hydrogen (secondary N) is 1. The molecule has 0 aliphatic carbocycles. The molecule has 2 amide bonds. The molecule has 0 saturated carbocycles. The second-order valence-corrected chi connectivity index (χ2v) is 6.98.